The SMILES string of the molecule is CC(=O)c1ccc(C(=O)Nc2cc(C)ccc2N)[nH]1. The van der Waals surface area contributed by atoms with Crippen molar-refractivity contribution >= 4 is 23.1 Å². The lowest BCUT2D eigenvalue weighted by atomic mass is 10.2. The van der Waals surface area contributed by atoms with E-state index in [1.54, 1.807) is 24.3 Å². The molecule has 98 valence electrons. The van der Waals surface area contributed by atoms with Gasteiger partial charge in [0.1, 0.15) is 5.69 Å². The van der Waals surface area contributed by atoms with Crippen LogP contribution in [0, 0.1) is 6.92 Å². The van der Waals surface area contributed by atoms with Crippen molar-refractivity contribution in [1.82, 2.24) is 4.98 Å². The third-order valence-electron chi connectivity index (χ3n) is 2.77. The predicted octanol–water partition coefficient (Wildman–Crippen LogP) is 2.36. The Hall–Kier alpha value is -2.56. The van der Waals surface area contributed by atoms with E-state index in [0.29, 0.717) is 22.8 Å². The van der Waals surface area contributed by atoms with E-state index in [9.17, 15) is 9.59 Å². The second kappa shape index (κ2) is 4.97. The fourth-order valence-electron chi connectivity index (χ4n) is 1.70. The van der Waals surface area contributed by atoms with Crippen molar-refractivity contribution in [1.29, 1.82) is 0 Å². The fourth-order valence-corrected chi connectivity index (χ4v) is 1.70. The number of nitrogens with one attached hydrogen (secondary N) is 2. The highest BCUT2D eigenvalue weighted by molar-refractivity contribution is 6.05. The van der Waals surface area contributed by atoms with Crippen molar-refractivity contribution in [2.45, 2.75) is 13.8 Å². The number of benzene rings is 1. The molecule has 4 N–H and O–H groups in total. The molecule has 0 aliphatic carbocycles. The zero-order valence-corrected chi connectivity index (χ0v) is 10.8. The number of aromatic amines is 1. The van der Waals surface area contributed by atoms with Gasteiger partial charge in [-0.25, -0.2) is 0 Å². The first-order valence-electron chi connectivity index (χ1n) is 5.85. The van der Waals surface area contributed by atoms with Crippen molar-refractivity contribution in [2.75, 3.05) is 11.1 Å². The van der Waals surface area contributed by atoms with Crippen LogP contribution in [0.1, 0.15) is 33.5 Å². The number of hydrogen-bond acceptors (Lipinski definition) is 3. The molecule has 2 aromatic rings. The normalized spacial score (nSPS) is 10.2. The van der Waals surface area contributed by atoms with E-state index >= 15 is 0 Å². The quantitative estimate of drug-likeness (QED) is 0.582. The number of Topliss-reactive ketones (excluding diaryl/α,β-unsaturated/α-hetero) is 1. The first kappa shape index (κ1) is 12.9. The number of aromatic nitrogens is 1. The van der Waals surface area contributed by atoms with Gasteiger partial charge in [-0.05, 0) is 36.8 Å². The molecule has 0 aliphatic rings. The molecule has 0 radical (unpaired) electrons. The zero-order chi connectivity index (χ0) is 14.0. The monoisotopic (exact) mass is 257 g/mol. The third kappa shape index (κ3) is 2.82. The number of anilines is 2. The van der Waals surface area contributed by atoms with Crippen LogP contribution >= 0.6 is 0 Å². The van der Waals surface area contributed by atoms with Crippen LogP contribution in [0.25, 0.3) is 0 Å². The number of amides is 1. The highest BCUT2D eigenvalue weighted by Gasteiger charge is 2.11. The number of nitrogens with two attached hydrogens (primary N) is 1. The lowest BCUT2D eigenvalue weighted by molar-refractivity contribution is 0.101. The Bertz CT molecular complexity index is 644. The Kier molecular flexibility index (Phi) is 3.37. The molecule has 0 saturated heterocycles. The standard InChI is InChI=1S/C14H15N3O2/c1-8-3-4-10(15)13(7-8)17-14(19)12-6-5-11(16-12)9(2)18/h3-7,16H,15H2,1-2H3,(H,17,19). The van der Waals surface area contributed by atoms with E-state index in [4.69, 9.17) is 5.73 Å². The lowest BCUT2D eigenvalue weighted by Gasteiger charge is -2.08. The molecular weight excluding hydrogens is 242 g/mol. The molecule has 0 saturated carbocycles. The molecule has 5 nitrogen and oxygen atoms in total. The lowest BCUT2D eigenvalue weighted by Crippen LogP contribution is -2.14. The van der Waals surface area contributed by atoms with Crippen LogP contribution in [0.3, 0.4) is 0 Å². The molecule has 1 heterocycles. The highest BCUT2D eigenvalue weighted by Crippen LogP contribution is 2.20. The van der Waals surface area contributed by atoms with Gasteiger partial charge in [0.25, 0.3) is 5.91 Å². The number of rotatable bonds is 3. The molecule has 0 fully saturated rings. The van der Waals surface area contributed by atoms with Gasteiger partial charge in [-0.2, -0.15) is 0 Å². The summed E-state index contributed by atoms with van der Waals surface area (Å²) < 4.78 is 0. The van der Waals surface area contributed by atoms with Gasteiger partial charge in [-0.1, -0.05) is 6.07 Å². The highest BCUT2D eigenvalue weighted by atomic mass is 16.2. The number of nitrogen functional groups attached to an aromatic ring is 1. The Labute approximate surface area is 110 Å². The molecule has 19 heavy (non-hydrogen) atoms. The van der Waals surface area contributed by atoms with Crippen molar-refractivity contribution < 1.29 is 9.59 Å². The van der Waals surface area contributed by atoms with Gasteiger partial charge in [0.2, 0.25) is 0 Å². The predicted molar refractivity (Wildman–Crippen MR) is 74.3 cm³/mol. The van der Waals surface area contributed by atoms with E-state index < -0.39 is 0 Å². The van der Waals surface area contributed by atoms with E-state index in [2.05, 4.69) is 10.3 Å². The van der Waals surface area contributed by atoms with Gasteiger partial charge in [-0.3, -0.25) is 9.59 Å². The molecule has 0 atom stereocenters. The van der Waals surface area contributed by atoms with Crippen LogP contribution in [0.4, 0.5) is 11.4 Å². The van der Waals surface area contributed by atoms with Gasteiger partial charge in [0.05, 0.1) is 17.1 Å². The van der Waals surface area contributed by atoms with Crippen LogP contribution in [-0.4, -0.2) is 16.7 Å². The molecule has 1 aromatic carbocycles. The number of hydrogen-bond donors (Lipinski definition) is 3. The van der Waals surface area contributed by atoms with Crippen LogP contribution in [-0.2, 0) is 0 Å². The summed E-state index contributed by atoms with van der Waals surface area (Å²) in [5, 5.41) is 2.71. The zero-order valence-electron chi connectivity index (χ0n) is 10.8. The summed E-state index contributed by atoms with van der Waals surface area (Å²) in [6.45, 7) is 3.35. The van der Waals surface area contributed by atoms with Crippen molar-refractivity contribution in [3.8, 4) is 0 Å². The van der Waals surface area contributed by atoms with Crippen LogP contribution < -0.4 is 11.1 Å². The summed E-state index contributed by atoms with van der Waals surface area (Å²) >= 11 is 0. The second-order valence-corrected chi connectivity index (χ2v) is 4.39. The smallest absolute Gasteiger partial charge is 0.272 e. The average molecular weight is 257 g/mol. The van der Waals surface area contributed by atoms with Crippen LogP contribution in [0.15, 0.2) is 30.3 Å². The molecule has 2 rings (SSSR count). The molecular formula is C14H15N3O2. The molecule has 0 bridgehead atoms. The summed E-state index contributed by atoms with van der Waals surface area (Å²) in [4.78, 5) is 25.9. The van der Waals surface area contributed by atoms with E-state index in [1.165, 1.54) is 6.92 Å². The van der Waals surface area contributed by atoms with Gasteiger partial charge < -0.3 is 16.0 Å². The third-order valence-corrected chi connectivity index (χ3v) is 2.77. The summed E-state index contributed by atoms with van der Waals surface area (Å²) in [6, 6.07) is 8.55. The van der Waals surface area contributed by atoms with Crippen LogP contribution in [0.2, 0.25) is 0 Å². The minimum atomic E-state index is -0.329. The number of carbonyl (C=O) groups is 2. The molecule has 1 aromatic heterocycles. The average Bonchev–Trinajstić information content (AvgIpc) is 2.83. The number of carbonyl (C=O) groups excluding carboxylic acids is 2. The topological polar surface area (TPSA) is 88.0 Å². The Morgan fingerprint density at radius 3 is 2.47 bits per heavy atom. The van der Waals surface area contributed by atoms with E-state index in [0.717, 1.165) is 5.56 Å². The fraction of sp³-hybridized carbons (Fsp3) is 0.143. The minimum absolute atomic E-state index is 0.117. The molecule has 0 aliphatic heterocycles. The van der Waals surface area contributed by atoms with Crippen molar-refractivity contribution in [3.63, 3.8) is 0 Å². The summed E-state index contributed by atoms with van der Waals surface area (Å²) in [6.07, 6.45) is 0. The Morgan fingerprint density at radius 2 is 1.84 bits per heavy atom. The first-order chi connectivity index (χ1) is 8.97. The van der Waals surface area contributed by atoms with Crippen LogP contribution in [0.5, 0.6) is 0 Å². The Balaban J connectivity index is 2.20. The maximum Gasteiger partial charge on any atom is 0.272 e. The van der Waals surface area contributed by atoms with E-state index in [1.807, 2.05) is 13.0 Å². The number of aryl methyl sites for hydroxylation is 1. The van der Waals surface area contributed by atoms with Gasteiger partial charge >= 0.3 is 0 Å². The minimum Gasteiger partial charge on any atom is -0.397 e. The maximum absolute atomic E-state index is 12.0. The number of ketones is 1. The largest absolute Gasteiger partial charge is 0.397 e. The summed E-state index contributed by atoms with van der Waals surface area (Å²) in [5.74, 6) is -0.445. The molecule has 1 amide bonds. The first-order valence-corrected chi connectivity index (χ1v) is 5.85. The van der Waals surface area contributed by atoms with Gasteiger partial charge in [0, 0.05) is 6.92 Å². The summed E-state index contributed by atoms with van der Waals surface area (Å²) in [5.41, 5.74) is 8.58. The molecule has 0 spiro atoms. The van der Waals surface area contributed by atoms with Crippen molar-refractivity contribution in [2.24, 2.45) is 0 Å². The summed E-state index contributed by atoms with van der Waals surface area (Å²) in [7, 11) is 0. The second-order valence-electron chi connectivity index (χ2n) is 4.39. The van der Waals surface area contributed by atoms with E-state index in [-0.39, 0.29) is 11.7 Å². The Morgan fingerprint density at radius 1 is 1.16 bits per heavy atom. The molecule has 5 heteroatoms. The maximum atomic E-state index is 12.0. The number of H-pyrrole nitrogens is 1. The van der Waals surface area contributed by atoms with Gasteiger partial charge in [-0.15, -0.1) is 0 Å². The van der Waals surface area contributed by atoms with Crippen molar-refractivity contribution in [3.05, 3.63) is 47.3 Å². The van der Waals surface area contributed by atoms with Gasteiger partial charge in [0.15, 0.2) is 5.78 Å². The molecule has 0 unspecified atom stereocenters.